The number of aromatic nitrogens is 6. The molecule has 0 fully saturated rings. The third kappa shape index (κ3) is 4.38. The highest BCUT2D eigenvalue weighted by atomic mass is 32.2. The number of aryl methyl sites for hydroxylation is 1. The van der Waals surface area contributed by atoms with Gasteiger partial charge in [0.15, 0.2) is 0 Å². The number of hydrogen-bond donors (Lipinski definition) is 1. The van der Waals surface area contributed by atoms with E-state index in [1.807, 2.05) is 43.5 Å². The highest BCUT2D eigenvalue weighted by molar-refractivity contribution is 7.99. The van der Waals surface area contributed by atoms with E-state index >= 15 is 0 Å². The average molecular weight is 426 g/mol. The van der Waals surface area contributed by atoms with E-state index in [1.54, 1.807) is 33.0 Å². The van der Waals surface area contributed by atoms with Gasteiger partial charge in [-0.15, -0.1) is 5.10 Å². The second kappa shape index (κ2) is 8.58. The van der Waals surface area contributed by atoms with Crippen LogP contribution in [0.3, 0.4) is 0 Å². The van der Waals surface area contributed by atoms with Crippen LogP contribution in [0.25, 0.3) is 5.69 Å². The summed E-state index contributed by atoms with van der Waals surface area (Å²) in [7, 11) is 0. The first-order chi connectivity index (χ1) is 14.1. The maximum atomic E-state index is 12.5. The SMILES string of the molecule is Cc1cccc(-n2nnnc2SCC(=O)Nc2ccnn2Cc2ccsc2)c1C. The minimum Gasteiger partial charge on any atom is -0.310 e. The second-order valence-corrected chi connectivity index (χ2v) is 8.16. The van der Waals surface area contributed by atoms with Gasteiger partial charge in [0.25, 0.3) is 0 Å². The zero-order valence-electron chi connectivity index (χ0n) is 15.9. The fraction of sp³-hybridized carbons (Fsp3) is 0.211. The fourth-order valence-electron chi connectivity index (χ4n) is 2.81. The van der Waals surface area contributed by atoms with E-state index in [1.165, 1.54) is 11.8 Å². The van der Waals surface area contributed by atoms with Crippen LogP contribution in [0.2, 0.25) is 0 Å². The van der Waals surface area contributed by atoms with Gasteiger partial charge in [-0.25, -0.2) is 4.68 Å². The van der Waals surface area contributed by atoms with Gasteiger partial charge in [0.2, 0.25) is 11.1 Å². The van der Waals surface area contributed by atoms with E-state index in [4.69, 9.17) is 0 Å². The van der Waals surface area contributed by atoms with Gasteiger partial charge in [-0.1, -0.05) is 23.9 Å². The summed E-state index contributed by atoms with van der Waals surface area (Å²) in [6.07, 6.45) is 1.68. The Morgan fingerprint density at radius 1 is 1.24 bits per heavy atom. The van der Waals surface area contributed by atoms with Crippen LogP contribution in [0.15, 0.2) is 52.4 Å². The fourth-order valence-corrected chi connectivity index (χ4v) is 4.16. The molecule has 1 N–H and O–H groups in total. The molecule has 0 spiro atoms. The van der Waals surface area contributed by atoms with Gasteiger partial charge < -0.3 is 5.32 Å². The van der Waals surface area contributed by atoms with Crippen molar-refractivity contribution in [2.75, 3.05) is 11.1 Å². The molecule has 3 aromatic heterocycles. The van der Waals surface area contributed by atoms with Crippen LogP contribution >= 0.6 is 23.1 Å². The molecule has 0 saturated carbocycles. The van der Waals surface area contributed by atoms with Crippen molar-refractivity contribution < 1.29 is 4.79 Å². The van der Waals surface area contributed by atoms with Gasteiger partial charge in [0.05, 0.1) is 24.2 Å². The normalized spacial score (nSPS) is 11.0. The van der Waals surface area contributed by atoms with Crippen LogP contribution in [0.4, 0.5) is 5.82 Å². The summed E-state index contributed by atoms with van der Waals surface area (Å²) in [4.78, 5) is 12.5. The number of carbonyl (C=O) groups excluding carboxylic acids is 1. The van der Waals surface area contributed by atoms with Gasteiger partial charge in [-0.2, -0.15) is 21.1 Å². The smallest absolute Gasteiger partial charge is 0.235 e. The summed E-state index contributed by atoms with van der Waals surface area (Å²) in [6.45, 7) is 4.69. The summed E-state index contributed by atoms with van der Waals surface area (Å²) in [5.41, 5.74) is 4.32. The molecule has 0 unspecified atom stereocenters. The second-order valence-electron chi connectivity index (χ2n) is 6.43. The molecule has 0 aliphatic rings. The summed E-state index contributed by atoms with van der Waals surface area (Å²) >= 11 is 2.93. The van der Waals surface area contributed by atoms with Crippen LogP contribution in [0.1, 0.15) is 16.7 Å². The standard InChI is InChI=1S/C19H19N7OS2/c1-13-4-3-5-16(14(13)2)26-19(22-23-24-26)29-12-18(27)21-17-6-8-20-25(17)10-15-7-9-28-11-15/h3-9,11H,10,12H2,1-2H3,(H,21,27). The molecule has 4 aromatic rings. The number of tetrazole rings is 1. The monoisotopic (exact) mass is 425 g/mol. The predicted molar refractivity (Wildman–Crippen MR) is 114 cm³/mol. The van der Waals surface area contributed by atoms with Crippen LogP contribution < -0.4 is 5.32 Å². The quantitative estimate of drug-likeness (QED) is 0.457. The third-order valence-electron chi connectivity index (χ3n) is 4.47. The molecule has 0 aliphatic heterocycles. The number of anilines is 1. The lowest BCUT2D eigenvalue weighted by atomic mass is 10.1. The van der Waals surface area contributed by atoms with E-state index in [0.29, 0.717) is 17.5 Å². The molecule has 0 atom stereocenters. The van der Waals surface area contributed by atoms with Crippen molar-refractivity contribution in [3.05, 3.63) is 64.0 Å². The molecule has 1 amide bonds. The Labute approximate surface area is 175 Å². The first-order valence-electron chi connectivity index (χ1n) is 8.92. The number of thiophene rings is 1. The molecule has 0 radical (unpaired) electrons. The molecule has 148 valence electrons. The minimum atomic E-state index is -0.141. The predicted octanol–water partition coefficient (Wildman–Crippen LogP) is 3.32. The van der Waals surface area contributed by atoms with Crippen molar-refractivity contribution in [1.82, 2.24) is 30.0 Å². The van der Waals surface area contributed by atoms with Crippen LogP contribution in [-0.2, 0) is 11.3 Å². The molecular weight excluding hydrogens is 406 g/mol. The van der Waals surface area contributed by atoms with Gasteiger partial charge in [-0.3, -0.25) is 4.79 Å². The van der Waals surface area contributed by atoms with E-state index in [2.05, 4.69) is 31.3 Å². The number of hydrogen-bond acceptors (Lipinski definition) is 7. The molecule has 29 heavy (non-hydrogen) atoms. The van der Waals surface area contributed by atoms with Crippen molar-refractivity contribution in [3.8, 4) is 5.69 Å². The Balaban J connectivity index is 1.41. The average Bonchev–Trinajstić information content (AvgIpc) is 3.46. The maximum absolute atomic E-state index is 12.5. The van der Waals surface area contributed by atoms with E-state index in [0.717, 1.165) is 22.4 Å². The summed E-state index contributed by atoms with van der Waals surface area (Å²) in [5, 5.41) is 23.8. The third-order valence-corrected chi connectivity index (χ3v) is 6.13. The van der Waals surface area contributed by atoms with Crippen molar-refractivity contribution >= 4 is 34.8 Å². The summed E-state index contributed by atoms with van der Waals surface area (Å²) in [6, 6.07) is 9.81. The minimum absolute atomic E-state index is 0.141. The first kappa shape index (κ1) is 19.3. The largest absolute Gasteiger partial charge is 0.310 e. The van der Waals surface area contributed by atoms with E-state index < -0.39 is 0 Å². The van der Waals surface area contributed by atoms with E-state index in [-0.39, 0.29) is 11.7 Å². The van der Waals surface area contributed by atoms with Gasteiger partial charge in [0, 0.05) is 6.07 Å². The Hall–Kier alpha value is -2.98. The summed E-state index contributed by atoms with van der Waals surface area (Å²) < 4.78 is 3.44. The van der Waals surface area contributed by atoms with Crippen LogP contribution in [0, 0.1) is 13.8 Å². The molecule has 8 nitrogen and oxygen atoms in total. The molecule has 3 heterocycles. The van der Waals surface area contributed by atoms with Crippen LogP contribution in [-0.4, -0.2) is 41.6 Å². The number of nitrogens with zero attached hydrogens (tertiary/aromatic N) is 6. The number of benzene rings is 1. The van der Waals surface area contributed by atoms with Crippen molar-refractivity contribution in [2.24, 2.45) is 0 Å². The molecule has 10 heteroatoms. The van der Waals surface area contributed by atoms with Crippen molar-refractivity contribution in [3.63, 3.8) is 0 Å². The summed E-state index contributed by atoms with van der Waals surface area (Å²) in [5.74, 6) is 0.711. The number of nitrogens with one attached hydrogen (secondary N) is 1. The topological polar surface area (TPSA) is 90.5 Å². The van der Waals surface area contributed by atoms with Gasteiger partial charge in [0.1, 0.15) is 5.82 Å². The zero-order chi connectivity index (χ0) is 20.2. The lowest BCUT2D eigenvalue weighted by Gasteiger charge is -2.10. The van der Waals surface area contributed by atoms with Crippen molar-refractivity contribution in [1.29, 1.82) is 0 Å². The first-order valence-corrected chi connectivity index (χ1v) is 10.8. The number of rotatable bonds is 7. The van der Waals surface area contributed by atoms with Crippen molar-refractivity contribution in [2.45, 2.75) is 25.5 Å². The Bertz CT molecular complexity index is 1120. The number of carbonyl (C=O) groups is 1. The number of amides is 1. The lowest BCUT2D eigenvalue weighted by Crippen LogP contribution is -2.18. The van der Waals surface area contributed by atoms with Gasteiger partial charge in [-0.05, 0) is 63.9 Å². The highest BCUT2D eigenvalue weighted by Gasteiger charge is 2.15. The van der Waals surface area contributed by atoms with Gasteiger partial charge >= 0.3 is 0 Å². The molecule has 0 bridgehead atoms. The Morgan fingerprint density at radius 3 is 2.97 bits per heavy atom. The molecule has 4 rings (SSSR count). The molecule has 1 aromatic carbocycles. The molecule has 0 aliphatic carbocycles. The molecule has 0 saturated heterocycles. The Kier molecular flexibility index (Phi) is 5.72. The Morgan fingerprint density at radius 2 is 2.14 bits per heavy atom. The lowest BCUT2D eigenvalue weighted by molar-refractivity contribution is -0.113. The molecular formula is C19H19N7OS2. The highest BCUT2D eigenvalue weighted by Crippen LogP contribution is 2.22. The zero-order valence-corrected chi connectivity index (χ0v) is 17.6. The van der Waals surface area contributed by atoms with E-state index in [9.17, 15) is 4.79 Å². The maximum Gasteiger partial charge on any atom is 0.235 e. The van der Waals surface area contributed by atoms with Crippen LogP contribution in [0.5, 0.6) is 0 Å². The number of thioether (sulfide) groups is 1.